The molecule has 0 amide bonds. The Morgan fingerprint density at radius 3 is 2.33 bits per heavy atom. The average Bonchev–Trinajstić information content (AvgIpc) is 2.64. The van der Waals surface area contributed by atoms with E-state index in [1.54, 1.807) is 0 Å². The summed E-state index contributed by atoms with van der Waals surface area (Å²) in [6, 6.07) is 1.57. The number of benzene rings is 1. The molecule has 1 atom stereocenters. The van der Waals surface area contributed by atoms with Crippen LogP contribution in [0.5, 0.6) is 0 Å². The van der Waals surface area contributed by atoms with Crippen LogP contribution >= 0.6 is 12.4 Å². The molecule has 0 aliphatic carbocycles. The lowest BCUT2D eigenvalue weighted by atomic mass is 9.98. The summed E-state index contributed by atoms with van der Waals surface area (Å²) in [5.41, 5.74) is 0.272. The van der Waals surface area contributed by atoms with Gasteiger partial charge in [-0.05, 0) is 24.6 Å². The number of hydrogen-bond acceptors (Lipinski definition) is 1. The van der Waals surface area contributed by atoms with Crippen LogP contribution in [-0.4, -0.2) is 13.1 Å². The zero-order valence-corrected chi connectivity index (χ0v) is 8.71. The Balaban J connectivity index is 0.00000112. The maximum atomic E-state index is 13.2. The topological polar surface area (TPSA) is 12.0 Å². The van der Waals surface area contributed by atoms with Crippen molar-refractivity contribution < 1.29 is 13.2 Å². The zero-order chi connectivity index (χ0) is 10.1. The van der Waals surface area contributed by atoms with E-state index >= 15 is 0 Å². The van der Waals surface area contributed by atoms with E-state index in [4.69, 9.17) is 0 Å². The van der Waals surface area contributed by atoms with Crippen LogP contribution in [0, 0.1) is 17.5 Å². The third-order valence-corrected chi connectivity index (χ3v) is 2.54. The van der Waals surface area contributed by atoms with Crippen molar-refractivity contribution in [1.29, 1.82) is 0 Å². The van der Waals surface area contributed by atoms with Crippen LogP contribution in [0.1, 0.15) is 17.9 Å². The van der Waals surface area contributed by atoms with Gasteiger partial charge >= 0.3 is 0 Å². The molecule has 15 heavy (non-hydrogen) atoms. The standard InChI is InChI=1S/C10H10F3N.ClH/c11-8-4-10(13)9(12)3-7(8)6-1-2-14-5-6;/h3-4,6,14H,1-2,5H2;1H. The van der Waals surface area contributed by atoms with Crippen molar-refractivity contribution in [2.45, 2.75) is 12.3 Å². The van der Waals surface area contributed by atoms with Crippen LogP contribution in [0.15, 0.2) is 12.1 Å². The van der Waals surface area contributed by atoms with Crippen LogP contribution < -0.4 is 5.32 Å². The Bertz CT molecular complexity index is 351. The molecule has 0 spiro atoms. The van der Waals surface area contributed by atoms with Gasteiger partial charge in [0, 0.05) is 18.5 Å². The highest BCUT2D eigenvalue weighted by atomic mass is 35.5. The second kappa shape index (κ2) is 4.86. The molecule has 1 saturated heterocycles. The summed E-state index contributed by atoms with van der Waals surface area (Å²) in [6.45, 7) is 1.42. The summed E-state index contributed by atoms with van der Waals surface area (Å²) < 4.78 is 38.7. The van der Waals surface area contributed by atoms with E-state index in [0.717, 1.165) is 19.0 Å². The number of nitrogens with one attached hydrogen (secondary N) is 1. The van der Waals surface area contributed by atoms with Gasteiger partial charge in [-0.15, -0.1) is 12.4 Å². The molecule has 1 aromatic rings. The fraction of sp³-hybridized carbons (Fsp3) is 0.400. The first kappa shape index (κ1) is 12.3. The molecule has 0 radical (unpaired) electrons. The van der Waals surface area contributed by atoms with Crippen LogP contribution in [0.2, 0.25) is 0 Å². The number of rotatable bonds is 1. The van der Waals surface area contributed by atoms with E-state index in [1.807, 2.05) is 0 Å². The first-order valence-electron chi connectivity index (χ1n) is 4.53. The normalized spacial score (nSPS) is 20.1. The maximum Gasteiger partial charge on any atom is 0.161 e. The fourth-order valence-electron chi connectivity index (χ4n) is 1.77. The summed E-state index contributed by atoms with van der Waals surface area (Å²) in [5.74, 6) is -2.80. The minimum atomic E-state index is -1.13. The predicted octanol–water partition coefficient (Wildman–Crippen LogP) is 2.60. The van der Waals surface area contributed by atoms with Crippen molar-refractivity contribution in [3.63, 3.8) is 0 Å². The smallest absolute Gasteiger partial charge is 0.161 e. The van der Waals surface area contributed by atoms with Crippen molar-refractivity contribution in [3.05, 3.63) is 35.1 Å². The lowest BCUT2D eigenvalue weighted by molar-refractivity contribution is 0.485. The van der Waals surface area contributed by atoms with Crippen LogP contribution in [0.3, 0.4) is 0 Å². The van der Waals surface area contributed by atoms with Gasteiger partial charge in [0.05, 0.1) is 0 Å². The van der Waals surface area contributed by atoms with Crippen LogP contribution in [0.25, 0.3) is 0 Å². The molecular formula is C10H11ClF3N. The summed E-state index contributed by atoms with van der Waals surface area (Å²) >= 11 is 0. The molecule has 1 unspecified atom stereocenters. The molecule has 1 aliphatic rings. The quantitative estimate of drug-likeness (QED) is 0.741. The van der Waals surface area contributed by atoms with E-state index in [0.29, 0.717) is 12.6 Å². The van der Waals surface area contributed by atoms with Crippen LogP contribution in [-0.2, 0) is 0 Å². The highest BCUT2D eigenvalue weighted by molar-refractivity contribution is 5.85. The number of halogens is 4. The lowest BCUT2D eigenvalue weighted by Crippen LogP contribution is -2.09. The SMILES string of the molecule is Cl.Fc1cc(F)c(C2CCNC2)cc1F. The molecule has 0 bridgehead atoms. The van der Waals surface area contributed by atoms with Gasteiger partial charge in [-0.3, -0.25) is 0 Å². The summed E-state index contributed by atoms with van der Waals surface area (Å²) in [5, 5.41) is 3.05. The number of hydrogen-bond donors (Lipinski definition) is 1. The molecule has 1 nitrogen and oxygen atoms in total. The molecule has 0 saturated carbocycles. The van der Waals surface area contributed by atoms with Gasteiger partial charge in [-0.25, -0.2) is 13.2 Å². The van der Waals surface area contributed by atoms with E-state index < -0.39 is 17.5 Å². The monoisotopic (exact) mass is 237 g/mol. The highest BCUT2D eigenvalue weighted by Gasteiger charge is 2.21. The van der Waals surface area contributed by atoms with E-state index in [9.17, 15) is 13.2 Å². The summed E-state index contributed by atoms with van der Waals surface area (Å²) in [6.07, 6.45) is 0.766. The molecule has 0 aromatic heterocycles. The molecule has 1 heterocycles. The van der Waals surface area contributed by atoms with Crippen LogP contribution in [0.4, 0.5) is 13.2 Å². The van der Waals surface area contributed by atoms with Crippen molar-refractivity contribution in [2.75, 3.05) is 13.1 Å². The summed E-state index contributed by atoms with van der Waals surface area (Å²) in [4.78, 5) is 0. The first-order chi connectivity index (χ1) is 6.68. The van der Waals surface area contributed by atoms with Crippen molar-refractivity contribution >= 4 is 12.4 Å². The second-order valence-corrected chi connectivity index (χ2v) is 3.48. The van der Waals surface area contributed by atoms with Gasteiger partial charge in [0.2, 0.25) is 0 Å². The summed E-state index contributed by atoms with van der Waals surface area (Å²) in [7, 11) is 0. The molecule has 1 aliphatic heterocycles. The van der Waals surface area contributed by atoms with E-state index in [1.165, 1.54) is 0 Å². The largest absolute Gasteiger partial charge is 0.316 e. The van der Waals surface area contributed by atoms with Crippen molar-refractivity contribution in [2.24, 2.45) is 0 Å². The highest BCUT2D eigenvalue weighted by Crippen LogP contribution is 2.26. The zero-order valence-electron chi connectivity index (χ0n) is 7.90. The maximum absolute atomic E-state index is 13.2. The van der Waals surface area contributed by atoms with Gasteiger partial charge < -0.3 is 5.32 Å². The Kier molecular flexibility index (Phi) is 3.99. The Labute approximate surface area is 92.1 Å². The Hall–Kier alpha value is -0.740. The Morgan fingerprint density at radius 2 is 1.73 bits per heavy atom. The van der Waals surface area contributed by atoms with Gasteiger partial charge in [0.1, 0.15) is 5.82 Å². The molecule has 1 fully saturated rings. The third-order valence-electron chi connectivity index (χ3n) is 2.54. The minimum Gasteiger partial charge on any atom is -0.316 e. The minimum absolute atomic E-state index is 0. The second-order valence-electron chi connectivity index (χ2n) is 3.48. The molecular weight excluding hydrogens is 227 g/mol. The van der Waals surface area contributed by atoms with Crippen molar-refractivity contribution in [1.82, 2.24) is 5.32 Å². The molecule has 2 rings (SSSR count). The predicted molar refractivity (Wildman–Crippen MR) is 53.8 cm³/mol. The van der Waals surface area contributed by atoms with Gasteiger partial charge in [-0.2, -0.15) is 0 Å². The molecule has 1 N–H and O–H groups in total. The lowest BCUT2D eigenvalue weighted by Gasteiger charge is -2.10. The molecule has 5 heteroatoms. The van der Waals surface area contributed by atoms with E-state index in [2.05, 4.69) is 5.32 Å². The van der Waals surface area contributed by atoms with Gasteiger partial charge in [0.15, 0.2) is 11.6 Å². The van der Waals surface area contributed by atoms with Gasteiger partial charge in [-0.1, -0.05) is 0 Å². The first-order valence-corrected chi connectivity index (χ1v) is 4.53. The average molecular weight is 238 g/mol. The Morgan fingerprint density at radius 1 is 1.07 bits per heavy atom. The molecule has 84 valence electrons. The third kappa shape index (κ3) is 2.44. The van der Waals surface area contributed by atoms with Gasteiger partial charge in [0.25, 0.3) is 0 Å². The molecule has 1 aromatic carbocycles. The fourth-order valence-corrected chi connectivity index (χ4v) is 1.77. The van der Waals surface area contributed by atoms with E-state index in [-0.39, 0.29) is 23.9 Å². The van der Waals surface area contributed by atoms with Crippen molar-refractivity contribution in [3.8, 4) is 0 Å².